The number of rotatable bonds is 8. The summed E-state index contributed by atoms with van der Waals surface area (Å²) in [5.41, 5.74) is 2.48. The molecule has 4 rings (SSSR count). The Morgan fingerprint density at radius 2 is 1.94 bits per heavy atom. The lowest BCUT2D eigenvalue weighted by Crippen LogP contribution is -2.35. The maximum absolute atomic E-state index is 12.7. The van der Waals surface area contributed by atoms with Gasteiger partial charge >= 0.3 is 6.03 Å². The van der Waals surface area contributed by atoms with Crippen LogP contribution >= 0.6 is 0 Å². The molecule has 3 aromatic rings. The first kappa shape index (κ1) is 21.2. The van der Waals surface area contributed by atoms with Crippen molar-refractivity contribution in [3.63, 3.8) is 0 Å². The van der Waals surface area contributed by atoms with Crippen molar-refractivity contribution in [3.05, 3.63) is 54.2 Å². The molecule has 0 spiro atoms. The standard InChI is InChI=1S/C23H24N4O5/c1-31-15-7-8-18(20(11-15)32-2)25-21(28)12-19-22(29)27(23(30)26-19)10-9-14-13-24-17-6-4-3-5-16(14)17/h3-8,11,13,19,24H,9-10,12H2,1-2H3,(H,25,28)(H,26,30)/t19-/m1/s1. The van der Waals surface area contributed by atoms with Crippen molar-refractivity contribution < 1.29 is 23.9 Å². The number of hydrogen-bond donors (Lipinski definition) is 3. The number of ether oxygens (including phenoxy) is 2. The first-order valence-electron chi connectivity index (χ1n) is 10.2. The topological polar surface area (TPSA) is 113 Å². The lowest BCUT2D eigenvalue weighted by atomic mass is 10.1. The predicted molar refractivity (Wildman–Crippen MR) is 119 cm³/mol. The van der Waals surface area contributed by atoms with Crippen molar-refractivity contribution in [1.29, 1.82) is 0 Å². The van der Waals surface area contributed by atoms with Crippen LogP contribution in [0.25, 0.3) is 10.9 Å². The highest BCUT2D eigenvalue weighted by Crippen LogP contribution is 2.29. The summed E-state index contributed by atoms with van der Waals surface area (Å²) < 4.78 is 10.4. The number of hydrogen-bond acceptors (Lipinski definition) is 5. The summed E-state index contributed by atoms with van der Waals surface area (Å²) in [6.45, 7) is 0.233. The summed E-state index contributed by atoms with van der Waals surface area (Å²) in [5.74, 6) is 0.195. The number of aromatic amines is 1. The SMILES string of the molecule is COc1ccc(NC(=O)C[C@H]2NC(=O)N(CCc3c[nH]c4ccccc34)C2=O)c(OC)c1. The van der Waals surface area contributed by atoms with Crippen LogP contribution in [0.5, 0.6) is 11.5 Å². The largest absolute Gasteiger partial charge is 0.497 e. The quantitative estimate of drug-likeness (QED) is 0.470. The molecule has 9 heteroatoms. The number of H-pyrrole nitrogens is 1. The van der Waals surface area contributed by atoms with Crippen molar-refractivity contribution in [2.45, 2.75) is 18.9 Å². The molecule has 1 aromatic heterocycles. The molecule has 1 aliphatic rings. The Balaban J connectivity index is 1.37. The number of benzene rings is 2. The molecule has 166 valence electrons. The molecule has 0 aliphatic carbocycles. The summed E-state index contributed by atoms with van der Waals surface area (Å²) >= 11 is 0. The first-order valence-corrected chi connectivity index (χ1v) is 10.2. The molecule has 2 heterocycles. The van der Waals surface area contributed by atoms with Gasteiger partial charge in [0.2, 0.25) is 5.91 Å². The molecular weight excluding hydrogens is 412 g/mol. The number of carbonyl (C=O) groups excluding carboxylic acids is 3. The second kappa shape index (κ2) is 9.01. The summed E-state index contributed by atoms with van der Waals surface area (Å²) in [7, 11) is 3.02. The van der Waals surface area contributed by atoms with Gasteiger partial charge in [-0.05, 0) is 30.2 Å². The molecule has 1 aliphatic heterocycles. The Morgan fingerprint density at radius 3 is 2.72 bits per heavy atom. The number of nitrogens with zero attached hydrogens (tertiary/aromatic N) is 1. The van der Waals surface area contributed by atoms with Gasteiger partial charge in [0.05, 0.1) is 26.3 Å². The smallest absolute Gasteiger partial charge is 0.324 e. The van der Waals surface area contributed by atoms with Gasteiger partial charge in [0.1, 0.15) is 17.5 Å². The van der Waals surface area contributed by atoms with Gasteiger partial charge in [0.25, 0.3) is 5.91 Å². The zero-order valence-corrected chi connectivity index (χ0v) is 17.8. The van der Waals surface area contributed by atoms with Crippen molar-refractivity contribution in [3.8, 4) is 11.5 Å². The van der Waals surface area contributed by atoms with Crippen molar-refractivity contribution >= 4 is 34.4 Å². The van der Waals surface area contributed by atoms with Gasteiger partial charge in [0.15, 0.2) is 0 Å². The Labute approximate surface area is 184 Å². The highest BCUT2D eigenvalue weighted by Gasteiger charge is 2.38. The van der Waals surface area contributed by atoms with Crippen molar-refractivity contribution in [2.75, 3.05) is 26.1 Å². The highest BCUT2D eigenvalue weighted by atomic mass is 16.5. The van der Waals surface area contributed by atoms with E-state index in [-0.39, 0.29) is 13.0 Å². The van der Waals surface area contributed by atoms with Crippen LogP contribution in [0.4, 0.5) is 10.5 Å². The van der Waals surface area contributed by atoms with Crippen molar-refractivity contribution in [1.82, 2.24) is 15.2 Å². The minimum Gasteiger partial charge on any atom is -0.497 e. The summed E-state index contributed by atoms with van der Waals surface area (Å²) in [6.07, 6.45) is 2.23. The number of urea groups is 1. The summed E-state index contributed by atoms with van der Waals surface area (Å²) in [4.78, 5) is 42.0. The monoisotopic (exact) mass is 436 g/mol. The van der Waals surface area contributed by atoms with E-state index in [1.165, 1.54) is 14.2 Å². The molecular formula is C23H24N4O5. The van der Waals surface area contributed by atoms with Crippen LogP contribution in [0.2, 0.25) is 0 Å². The average molecular weight is 436 g/mol. The molecule has 2 aromatic carbocycles. The van der Waals surface area contributed by atoms with E-state index in [0.29, 0.717) is 23.6 Å². The highest BCUT2D eigenvalue weighted by molar-refractivity contribution is 6.07. The van der Waals surface area contributed by atoms with Crippen LogP contribution in [0, 0.1) is 0 Å². The number of methoxy groups -OCH3 is 2. The average Bonchev–Trinajstić information content (AvgIpc) is 3.33. The molecule has 1 fully saturated rings. The molecule has 0 saturated carbocycles. The molecule has 0 bridgehead atoms. The van der Waals surface area contributed by atoms with Gasteiger partial charge in [0, 0.05) is 29.7 Å². The van der Waals surface area contributed by atoms with E-state index < -0.39 is 23.9 Å². The number of nitrogens with one attached hydrogen (secondary N) is 3. The first-order chi connectivity index (χ1) is 15.5. The van der Waals surface area contributed by atoms with Crippen LogP contribution in [-0.2, 0) is 16.0 Å². The van der Waals surface area contributed by atoms with E-state index >= 15 is 0 Å². The number of anilines is 1. The van der Waals surface area contributed by atoms with Gasteiger partial charge in [-0.1, -0.05) is 18.2 Å². The molecule has 32 heavy (non-hydrogen) atoms. The molecule has 9 nitrogen and oxygen atoms in total. The fourth-order valence-electron chi connectivity index (χ4n) is 3.79. The lowest BCUT2D eigenvalue weighted by molar-refractivity contribution is -0.129. The van der Waals surface area contributed by atoms with E-state index in [2.05, 4.69) is 15.6 Å². The Morgan fingerprint density at radius 1 is 1.12 bits per heavy atom. The van der Waals surface area contributed by atoms with Crippen LogP contribution in [0.15, 0.2) is 48.7 Å². The molecule has 1 saturated heterocycles. The van der Waals surface area contributed by atoms with E-state index in [1.54, 1.807) is 18.2 Å². The second-order valence-corrected chi connectivity index (χ2v) is 7.42. The third-order valence-corrected chi connectivity index (χ3v) is 5.46. The zero-order chi connectivity index (χ0) is 22.7. The minimum absolute atomic E-state index is 0.177. The second-order valence-electron chi connectivity index (χ2n) is 7.42. The van der Waals surface area contributed by atoms with E-state index in [1.807, 2.05) is 30.5 Å². The molecule has 1 atom stereocenters. The number of amides is 4. The third kappa shape index (κ3) is 4.22. The number of fused-ring (bicyclic) bond motifs is 1. The van der Waals surface area contributed by atoms with Crippen molar-refractivity contribution in [2.24, 2.45) is 0 Å². The van der Waals surface area contributed by atoms with Gasteiger partial charge in [-0.25, -0.2) is 4.79 Å². The van der Waals surface area contributed by atoms with Gasteiger partial charge < -0.3 is 25.1 Å². The summed E-state index contributed by atoms with van der Waals surface area (Å²) in [6, 6.07) is 11.4. The number of aromatic nitrogens is 1. The van der Waals surface area contributed by atoms with Gasteiger partial charge in [-0.3, -0.25) is 14.5 Å². The fraction of sp³-hybridized carbons (Fsp3) is 0.261. The molecule has 4 amide bonds. The number of imide groups is 1. The number of para-hydroxylation sites is 1. The predicted octanol–water partition coefficient (Wildman–Crippen LogP) is 2.68. The van der Waals surface area contributed by atoms with E-state index in [0.717, 1.165) is 21.4 Å². The lowest BCUT2D eigenvalue weighted by Gasteiger charge is -2.14. The number of carbonyl (C=O) groups is 3. The third-order valence-electron chi connectivity index (χ3n) is 5.46. The Hall–Kier alpha value is -4.01. The van der Waals surface area contributed by atoms with E-state index in [9.17, 15) is 14.4 Å². The molecule has 3 N–H and O–H groups in total. The van der Waals surface area contributed by atoms with Gasteiger partial charge in [-0.15, -0.1) is 0 Å². The van der Waals surface area contributed by atoms with Crippen LogP contribution in [-0.4, -0.2) is 54.5 Å². The Kier molecular flexibility index (Phi) is 5.98. The molecule has 0 radical (unpaired) electrons. The maximum Gasteiger partial charge on any atom is 0.324 e. The summed E-state index contributed by atoms with van der Waals surface area (Å²) in [5, 5.41) is 6.38. The zero-order valence-electron chi connectivity index (χ0n) is 17.8. The minimum atomic E-state index is -0.908. The van der Waals surface area contributed by atoms with Gasteiger partial charge in [-0.2, -0.15) is 0 Å². The van der Waals surface area contributed by atoms with Crippen LogP contribution in [0.1, 0.15) is 12.0 Å². The fourth-order valence-corrected chi connectivity index (χ4v) is 3.79. The van der Waals surface area contributed by atoms with E-state index in [4.69, 9.17) is 9.47 Å². The molecule has 0 unspecified atom stereocenters. The normalized spacial score (nSPS) is 15.7. The maximum atomic E-state index is 12.7. The van der Waals surface area contributed by atoms with Crippen LogP contribution in [0.3, 0.4) is 0 Å². The van der Waals surface area contributed by atoms with Crippen LogP contribution < -0.4 is 20.1 Å². The Bertz CT molecular complexity index is 1170.